The molecule has 1 aliphatic heterocycles. The van der Waals surface area contributed by atoms with Gasteiger partial charge in [-0.1, -0.05) is 61.8 Å². The average molecular weight is 563 g/mol. The molecule has 0 N–H and O–H groups in total. The van der Waals surface area contributed by atoms with Gasteiger partial charge in [0.15, 0.2) is 6.10 Å². The number of ether oxygens (including phenoxy) is 2. The van der Waals surface area contributed by atoms with Crippen LogP contribution >= 0.6 is 11.6 Å². The minimum atomic E-state index is -0.884. The first-order chi connectivity index (χ1) is 18.8. The topological polar surface area (TPSA) is 51.7 Å². The summed E-state index contributed by atoms with van der Waals surface area (Å²) in [6, 6.07) is 16.4. The molecule has 3 aromatic rings. The van der Waals surface area contributed by atoms with E-state index in [-0.39, 0.29) is 18.0 Å². The third-order valence-electron chi connectivity index (χ3n) is 7.60. The van der Waals surface area contributed by atoms with E-state index in [1.54, 1.807) is 0 Å². The van der Waals surface area contributed by atoms with Gasteiger partial charge in [0.05, 0.1) is 17.9 Å². The lowest BCUT2D eigenvalue weighted by Crippen LogP contribution is -2.39. The lowest BCUT2D eigenvalue weighted by atomic mass is 9.81. The Hall–Kier alpha value is -2.89. The van der Waals surface area contributed by atoms with E-state index < -0.39 is 11.7 Å². The van der Waals surface area contributed by atoms with Crippen molar-refractivity contribution in [2.45, 2.75) is 79.9 Å². The van der Waals surface area contributed by atoms with Crippen molar-refractivity contribution in [2.24, 2.45) is 5.41 Å². The summed E-state index contributed by atoms with van der Waals surface area (Å²) in [7, 11) is 0. The number of benzene rings is 2. The normalized spacial score (nSPS) is 16.1. The van der Waals surface area contributed by atoms with E-state index in [2.05, 4.69) is 49.9 Å². The number of carbonyl (C=O) groups excluding carboxylic acids is 1. The molecule has 0 bridgehead atoms. The molecule has 2 heterocycles. The van der Waals surface area contributed by atoms with E-state index in [1.807, 2.05) is 58.9 Å². The molecule has 1 atom stereocenters. The summed E-state index contributed by atoms with van der Waals surface area (Å²) in [6.07, 6.45) is 1.24. The number of piperidine rings is 1. The van der Waals surface area contributed by atoms with Crippen molar-refractivity contribution in [3.05, 3.63) is 70.5 Å². The number of halogens is 1. The summed E-state index contributed by atoms with van der Waals surface area (Å²) >= 11 is 6.11. The molecule has 5 nitrogen and oxygen atoms in total. The van der Waals surface area contributed by atoms with Gasteiger partial charge in [0.2, 0.25) is 0 Å². The Morgan fingerprint density at radius 3 is 2.00 bits per heavy atom. The lowest BCUT2D eigenvalue weighted by Gasteiger charge is -2.41. The first kappa shape index (κ1) is 30.1. The Bertz CT molecular complexity index is 1330. The number of esters is 1. The zero-order chi connectivity index (χ0) is 29.2. The van der Waals surface area contributed by atoms with Crippen molar-refractivity contribution in [2.75, 3.05) is 24.6 Å². The predicted octanol–water partition coefficient (Wildman–Crippen LogP) is 8.73. The number of nitrogens with zero attached hydrogens (tertiary/aromatic N) is 2. The first-order valence-electron chi connectivity index (χ1n) is 14.3. The molecule has 1 fully saturated rings. The summed E-state index contributed by atoms with van der Waals surface area (Å²) < 4.78 is 12.0. The van der Waals surface area contributed by atoms with Crippen LogP contribution in [0.2, 0.25) is 5.02 Å². The van der Waals surface area contributed by atoms with Crippen molar-refractivity contribution in [1.82, 2.24) is 4.98 Å². The molecule has 0 radical (unpaired) electrons. The van der Waals surface area contributed by atoms with E-state index in [9.17, 15) is 4.79 Å². The zero-order valence-electron chi connectivity index (χ0n) is 25.2. The molecule has 1 aromatic heterocycles. The molecule has 0 spiro atoms. The minimum absolute atomic E-state index is 0.274. The molecule has 0 unspecified atom stereocenters. The third kappa shape index (κ3) is 6.87. The molecular formula is C34H43ClN2O3. The number of aryl methyl sites for hydroxylation is 2. The second kappa shape index (κ2) is 11.9. The Kier molecular flexibility index (Phi) is 8.96. The Morgan fingerprint density at radius 2 is 1.48 bits per heavy atom. The summed E-state index contributed by atoms with van der Waals surface area (Å²) in [5, 5.41) is 0.720. The lowest BCUT2D eigenvalue weighted by molar-refractivity contribution is -0.166. The van der Waals surface area contributed by atoms with Gasteiger partial charge < -0.3 is 14.4 Å². The molecule has 4 rings (SSSR count). The van der Waals surface area contributed by atoms with Crippen LogP contribution in [-0.2, 0) is 14.3 Å². The van der Waals surface area contributed by atoms with E-state index in [1.165, 1.54) is 0 Å². The number of anilines is 1. The van der Waals surface area contributed by atoms with Crippen LogP contribution in [0.3, 0.4) is 0 Å². The smallest absolute Gasteiger partial charge is 0.340 e. The maximum Gasteiger partial charge on any atom is 0.340 e. The highest BCUT2D eigenvalue weighted by molar-refractivity contribution is 6.30. The van der Waals surface area contributed by atoms with Crippen molar-refractivity contribution in [3.8, 4) is 22.3 Å². The van der Waals surface area contributed by atoms with E-state index in [0.29, 0.717) is 0 Å². The number of hydrogen-bond acceptors (Lipinski definition) is 5. The highest BCUT2D eigenvalue weighted by Crippen LogP contribution is 2.45. The van der Waals surface area contributed by atoms with Crippen LogP contribution in [0, 0.1) is 19.3 Å². The van der Waals surface area contributed by atoms with Crippen molar-refractivity contribution in [1.29, 1.82) is 0 Å². The molecule has 1 saturated heterocycles. The van der Waals surface area contributed by atoms with E-state index in [0.717, 1.165) is 75.8 Å². The monoisotopic (exact) mass is 562 g/mol. The van der Waals surface area contributed by atoms with Gasteiger partial charge in [-0.2, -0.15) is 0 Å². The van der Waals surface area contributed by atoms with Crippen LogP contribution in [0.15, 0.2) is 48.5 Å². The van der Waals surface area contributed by atoms with Gasteiger partial charge >= 0.3 is 5.97 Å². The van der Waals surface area contributed by atoms with Gasteiger partial charge in [0.25, 0.3) is 0 Å². The fourth-order valence-electron chi connectivity index (χ4n) is 5.44. The highest BCUT2D eigenvalue weighted by Gasteiger charge is 2.37. The maximum atomic E-state index is 13.5. The Labute approximate surface area is 244 Å². The van der Waals surface area contributed by atoms with E-state index in [4.69, 9.17) is 26.1 Å². The minimum Gasteiger partial charge on any atom is -0.464 e. The van der Waals surface area contributed by atoms with Gasteiger partial charge in [-0.25, -0.2) is 4.79 Å². The second-order valence-electron chi connectivity index (χ2n) is 12.5. The van der Waals surface area contributed by atoms with Gasteiger partial charge in [0.1, 0.15) is 0 Å². The molecule has 40 heavy (non-hydrogen) atoms. The number of carbonyl (C=O) groups is 1. The molecule has 214 valence electrons. The summed E-state index contributed by atoms with van der Waals surface area (Å²) in [6.45, 7) is 18.5. The molecule has 2 aromatic carbocycles. The molecule has 6 heteroatoms. The van der Waals surface area contributed by atoms with Crippen molar-refractivity contribution in [3.63, 3.8) is 0 Å². The van der Waals surface area contributed by atoms with E-state index >= 15 is 0 Å². The fourth-order valence-corrected chi connectivity index (χ4v) is 5.56. The van der Waals surface area contributed by atoms with Crippen molar-refractivity contribution >= 4 is 23.3 Å². The molecule has 0 aliphatic carbocycles. The zero-order valence-corrected chi connectivity index (χ0v) is 26.0. The maximum absolute atomic E-state index is 13.5. The average Bonchev–Trinajstić information content (AvgIpc) is 2.88. The van der Waals surface area contributed by atoms with Crippen molar-refractivity contribution < 1.29 is 14.3 Å². The van der Waals surface area contributed by atoms with Crippen LogP contribution in [0.25, 0.3) is 22.3 Å². The molecular weight excluding hydrogens is 520 g/mol. The molecule has 1 aliphatic rings. The van der Waals surface area contributed by atoms with Crippen LogP contribution in [0.1, 0.15) is 77.4 Å². The molecule has 0 amide bonds. The molecule has 0 saturated carbocycles. The quantitative estimate of drug-likeness (QED) is 0.269. The van der Waals surface area contributed by atoms with Gasteiger partial charge in [-0.3, -0.25) is 4.98 Å². The second-order valence-corrected chi connectivity index (χ2v) is 13.0. The van der Waals surface area contributed by atoms with Crippen LogP contribution in [-0.4, -0.2) is 36.3 Å². The number of aromatic nitrogens is 1. The highest BCUT2D eigenvalue weighted by atomic mass is 35.5. The number of pyridine rings is 1. The number of rotatable bonds is 7. The number of hydrogen-bond donors (Lipinski definition) is 0. The van der Waals surface area contributed by atoms with Crippen LogP contribution in [0.4, 0.5) is 5.69 Å². The van der Waals surface area contributed by atoms with Gasteiger partial charge in [0, 0.05) is 40.6 Å². The van der Waals surface area contributed by atoms with Gasteiger partial charge in [-0.15, -0.1) is 0 Å². The Morgan fingerprint density at radius 1 is 0.950 bits per heavy atom. The van der Waals surface area contributed by atoms with Gasteiger partial charge in [-0.05, 0) is 88.6 Å². The fraction of sp³-hybridized carbons (Fsp3) is 0.471. The Balaban J connectivity index is 1.91. The third-order valence-corrected chi connectivity index (χ3v) is 7.85. The predicted molar refractivity (Wildman–Crippen MR) is 165 cm³/mol. The summed E-state index contributed by atoms with van der Waals surface area (Å²) in [5.74, 6) is -0.381. The summed E-state index contributed by atoms with van der Waals surface area (Å²) in [4.78, 5) is 20.9. The van der Waals surface area contributed by atoms with Crippen LogP contribution < -0.4 is 4.90 Å². The first-order valence-corrected chi connectivity index (χ1v) is 14.6. The standard InChI is InChI=1S/C34H43ClN2O3/c1-9-39-32(38)31(40-33(4,5)6)29-23(3)36-22(2)28(30(29)37-20-18-34(7,8)19-21-37)26-12-10-24(11-13-26)25-14-16-27(35)17-15-25/h10-17,31H,9,18-21H2,1-8H3/t31-/m0/s1. The SMILES string of the molecule is CCOC(=O)[C@@H](OC(C)(C)C)c1c(C)nc(C)c(-c2ccc(-c3ccc(Cl)cc3)cc2)c1N1CCC(C)(C)CC1. The summed E-state index contributed by atoms with van der Waals surface area (Å²) in [5.41, 5.74) is 7.58. The largest absolute Gasteiger partial charge is 0.464 e. The van der Waals surface area contributed by atoms with Crippen LogP contribution in [0.5, 0.6) is 0 Å².